The van der Waals surface area contributed by atoms with Crippen LogP contribution in [0.15, 0.2) is 188 Å². The fraction of sp³-hybridized carbons (Fsp3) is 0. The van der Waals surface area contributed by atoms with Crippen molar-refractivity contribution in [3.8, 4) is 11.1 Å². The smallest absolute Gasteiger partial charge is 0.335 e. The second-order valence-electron chi connectivity index (χ2n) is 11.9. The SMILES string of the molecule is O=C(O)c1ccc2c(-c3c(P(c4ccccc4)c4ccccc4)ccc4ccccc34)c(P(c3ccccc3)c3ccccc3)ccc2c1. The first-order valence-corrected chi connectivity index (χ1v) is 19.0. The fourth-order valence-electron chi connectivity index (χ4n) is 6.77. The van der Waals surface area contributed by atoms with E-state index in [1.807, 2.05) is 12.1 Å². The van der Waals surface area contributed by atoms with E-state index in [9.17, 15) is 9.90 Å². The first kappa shape index (κ1) is 30.9. The third kappa shape index (κ3) is 5.96. The maximum atomic E-state index is 12.2. The Labute approximate surface area is 288 Å². The topological polar surface area (TPSA) is 37.3 Å². The average molecular weight is 667 g/mol. The van der Waals surface area contributed by atoms with Crippen LogP contribution in [-0.2, 0) is 0 Å². The molecule has 0 aliphatic rings. The molecule has 0 spiro atoms. The van der Waals surface area contributed by atoms with Crippen molar-refractivity contribution in [3.05, 3.63) is 194 Å². The molecular formula is C45H32O2P2. The van der Waals surface area contributed by atoms with Gasteiger partial charge in [0.05, 0.1) is 5.56 Å². The molecule has 0 aromatic heterocycles. The van der Waals surface area contributed by atoms with Crippen molar-refractivity contribution in [2.75, 3.05) is 0 Å². The quantitative estimate of drug-likeness (QED) is 0.165. The van der Waals surface area contributed by atoms with Crippen molar-refractivity contribution < 1.29 is 9.90 Å². The molecule has 8 rings (SSSR count). The highest BCUT2D eigenvalue weighted by Gasteiger charge is 2.28. The largest absolute Gasteiger partial charge is 0.478 e. The molecule has 1 N–H and O–H groups in total. The van der Waals surface area contributed by atoms with E-state index in [0.29, 0.717) is 0 Å². The number of hydrogen-bond acceptors (Lipinski definition) is 1. The molecule has 8 aromatic carbocycles. The van der Waals surface area contributed by atoms with Crippen molar-refractivity contribution in [3.63, 3.8) is 0 Å². The number of hydrogen-bond donors (Lipinski definition) is 1. The molecule has 0 aliphatic carbocycles. The Morgan fingerprint density at radius 2 is 0.776 bits per heavy atom. The Hall–Kier alpha value is -5.39. The van der Waals surface area contributed by atoms with Gasteiger partial charge in [0.25, 0.3) is 0 Å². The lowest BCUT2D eigenvalue weighted by molar-refractivity contribution is 0.0697. The van der Waals surface area contributed by atoms with Crippen LogP contribution in [0.25, 0.3) is 32.7 Å². The Kier molecular flexibility index (Phi) is 8.59. The summed E-state index contributed by atoms with van der Waals surface area (Å²) < 4.78 is 0. The van der Waals surface area contributed by atoms with Gasteiger partial charge in [0.1, 0.15) is 0 Å². The van der Waals surface area contributed by atoms with Crippen LogP contribution < -0.4 is 31.8 Å². The molecule has 234 valence electrons. The molecule has 0 saturated heterocycles. The summed E-state index contributed by atoms with van der Waals surface area (Å²) in [5.41, 5.74) is 2.66. The molecule has 0 atom stereocenters. The molecule has 0 saturated carbocycles. The highest BCUT2D eigenvalue weighted by atomic mass is 31.1. The molecule has 49 heavy (non-hydrogen) atoms. The van der Waals surface area contributed by atoms with Crippen LogP contribution in [0.4, 0.5) is 0 Å². The van der Waals surface area contributed by atoms with E-state index < -0.39 is 21.8 Å². The summed E-state index contributed by atoms with van der Waals surface area (Å²) in [4.78, 5) is 12.2. The molecule has 0 unspecified atom stereocenters. The molecule has 0 radical (unpaired) electrons. The van der Waals surface area contributed by atoms with E-state index in [1.165, 1.54) is 53.7 Å². The van der Waals surface area contributed by atoms with Crippen molar-refractivity contribution >= 4 is 75.2 Å². The molecule has 4 heteroatoms. The second-order valence-corrected chi connectivity index (χ2v) is 16.3. The highest BCUT2D eigenvalue weighted by Crippen LogP contribution is 2.45. The minimum atomic E-state index is -0.988. The zero-order valence-corrected chi connectivity index (χ0v) is 28.4. The van der Waals surface area contributed by atoms with E-state index in [4.69, 9.17) is 0 Å². The standard InChI is InChI=1S/C45H32O2P2/c46-45(47)34-25-28-40-33(31-34)27-30-42(49(37-20-9-3-10-21-37)38-22-11-4-12-23-38)44(40)43-39-24-14-13-15-32(39)26-29-41(43)48(35-16-5-1-6-17-35)36-18-7-2-8-19-36/h1-31H,(H,46,47). The lowest BCUT2D eigenvalue weighted by Gasteiger charge is -2.28. The molecule has 0 heterocycles. The summed E-state index contributed by atoms with van der Waals surface area (Å²) in [5, 5.41) is 21.9. The van der Waals surface area contributed by atoms with Gasteiger partial charge in [-0.2, -0.15) is 0 Å². The number of fused-ring (bicyclic) bond motifs is 2. The molecule has 0 amide bonds. The summed E-state index contributed by atoms with van der Waals surface area (Å²) >= 11 is 0. The van der Waals surface area contributed by atoms with Crippen LogP contribution in [0, 0.1) is 0 Å². The minimum absolute atomic E-state index is 0.286. The van der Waals surface area contributed by atoms with Crippen molar-refractivity contribution in [2.24, 2.45) is 0 Å². The molecule has 2 nitrogen and oxygen atoms in total. The van der Waals surface area contributed by atoms with Crippen LogP contribution in [0.5, 0.6) is 0 Å². The van der Waals surface area contributed by atoms with Gasteiger partial charge in [-0.05, 0) is 92.5 Å². The third-order valence-corrected chi connectivity index (χ3v) is 13.9. The predicted octanol–water partition coefficient (Wildman–Crippen LogP) is 8.87. The zero-order valence-electron chi connectivity index (χ0n) is 26.6. The Bertz CT molecular complexity index is 2330. The van der Waals surface area contributed by atoms with Crippen molar-refractivity contribution in [1.29, 1.82) is 0 Å². The van der Waals surface area contributed by atoms with E-state index >= 15 is 0 Å². The average Bonchev–Trinajstić information content (AvgIpc) is 3.16. The van der Waals surface area contributed by atoms with E-state index in [0.717, 1.165) is 10.8 Å². The van der Waals surface area contributed by atoms with E-state index in [1.54, 1.807) is 6.07 Å². The van der Waals surface area contributed by atoms with Gasteiger partial charge < -0.3 is 5.11 Å². The van der Waals surface area contributed by atoms with Crippen LogP contribution in [0.1, 0.15) is 10.4 Å². The van der Waals surface area contributed by atoms with E-state index in [-0.39, 0.29) is 5.56 Å². The first-order chi connectivity index (χ1) is 24.2. The Balaban J connectivity index is 1.54. The Morgan fingerprint density at radius 1 is 0.388 bits per heavy atom. The summed E-state index contributed by atoms with van der Waals surface area (Å²) in [5.74, 6) is -0.925. The van der Waals surface area contributed by atoms with Gasteiger partial charge in [-0.1, -0.05) is 176 Å². The number of aromatic carboxylic acids is 1. The van der Waals surface area contributed by atoms with E-state index in [2.05, 4.69) is 170 Å². The van der Waals surface area contributed by atoms with Crippen LogP contribution in [0.3, 0.4) is 0 Å². The lowest BCUT2D eigenvalue weighted by Crippen LogP contribution is -2.26. The molecule has 0 aliphatic heterocycles. The Morgan fingerprint density at radius 3 is 1.22 bits per heavy atom. The third-order valence-electron chi connectivity index (χ3n) is 8.94. The van der Waals surface area contributed by atoms with Crippen LogP contribution >= 0.6 is 15.8 Å². The summed E-state index contributed by atoms with van der Waals surface area (Å²) in [7, 11) is -1.95. The number of carboxylic acid groups (broad SMARTS) is 1. The second kappa shape index (κ2) is 13.6. The predicted molar refractivity (Wildman–Crippen MR) is 211 cm³/mol. The van der Waals surface area contributed by atoms with Crippen LogP contribution in [-0.4, -0.2) is 11.1 Å². The normalized spacial score (nSPS) is 11.4. The molecule has 8 aromatic rings. The van der Waals surface area contributed by atoms with Gasteiger partial charge in [0.15, 0.2) is 0 Å². The summed E-state index contributed by atoms with van der Waals surface area (Å²) in [6.45, 7) is 0. The summed E-state index contributed by atoms with van der Waals surface area (Å²) in [6.07, 6.45) is 0. The van der Waals surface area contributed by atoms with Gasteiger partial charge in [0.2, 0.25) is 0 Å². The van der Waals surface area contributed by atoms with Gasteiger partial charge in [-0.3, -0.25) is 0 Å². The van der Waals surface area contributed by atoms with Crippen molar-refractivity contribution in [2.45, 2.75) is 0 Å². The minimum Gasteiger partial charge on any atom is -0.478 e. The fourth-order valence-corrected chi connectivity index (χ4v) is 11.7. The lowest BCUT2D eigenvalue weighted by atomic mass is 9.93. The maximum Gasteiger partial charge on any atom is 0.335 e. The van der Waals surface area contributed by atoms with Gasteiger partial charge >= 0.3 is 5.97 Å². The van der Waals surface area contributed by atoms with Gasteiger partial charge in [-0.25, -0.2) is 4.79 Å². The maximum absolute atomic E-state index is 12.2. The number of carbonyl (C=O) groups is 1. The number of rotatable bonds is 8. The zero-order chi connectivity index (χ0) is 33.2. The van der Waals surface area contributed by atoms with Crippen LogP contribution in [0.2, 0.25) is 0 Å². The molecular weight excluding hydrogens is 634 g/mol. The van der Waals surface area contributed by atoms with Gasteiger partial charge in [-0.15, -0.1) is 0 Å². The number of benzene rings is 8. The number of carboxylic acids is 1. The van der Waals surface area contributed by atoms with Crippen molar-refractivity contribution in [1.82, 2.24) is 0 Å². The first-order valence-electron chi connectivity index (χ1n) is 16.3. The summed E-state index contributed by atoms with van der Waals surface area (Å²) in [6, 6.07) is 66.6. The molecule has 0 bridgehead atoms. The monoisotopic (exact) mass is 666 g/mol. The highest BCUT2D eigenvalue weighted by molar-refractivity contribution is 7.80. The van der Waals surface area contributed by atoms with Gasteiger partial charge in [0, 0.05) is 0 Å². The molecule has 0 fully saturated rings.